The first kappa shape index (κ1) is 17.3. The third-order valence-electron chi connectivity index (χ3n) is 4.98. The molecule has 3 atom stereocenters. The van der Waals surface area contributed by atoms with Crippen LogP contribution in [0.5, 0.6) is 0 Å². The van der Waals surface area contributed by atoms with Gasteiger partial charge >= 0.3 is 0 Å². The predicted molar refractivity (Wildman–Crippen MR) is 78.5 cm³/mol. The van der Waals surface area contributed by atoms with Gasteiger partial charge in [-0.05, 0) is 32.1 Å². The molecule has 2 aliphatic heterocycles. The quantitative estimate of drug-likeness (QED) is 0.685. The molecule has 0 aromatic carbocycles. The van der Waals surface area contributed by atoms with Crippen LogP contribution in [0, 0.1) is 11.3 Å². The molecule has 0 saturated carbocycles. The van der Waals surface area contributed by atoms with Crippen LogP contribution in [-0.2, 0) is 18.3 Å². The lowest BCUT2D eigenvalue weighted by Gasteiger charge is -2.37. The summed E-state index contributed by atoms with van der Waals surface area (Å²) in [5.41, 5.74) is 0.0683. The molecule has 5 nitrogen and oxygen atoms in total. The highest BCUT2D eigenvalue weighted by Crippen LogP contribution is 2.36. The molecular weight excluding hydrogens is 300 g/mol. The van der Waals surface area contributed by atoms with Gasteiger partial charge in [0.25, 0.3) is 0 Å². The normalized spacial score (nSPS) is 30.9. The summed E-state index contributed by atoms with van der Waals surface area (Å²) in [7, 11) is 2.06. The highest BCUT2D eigenvalue weighted by Gasteiger charge is 2.45. The number of aromatic nitrogens is 2. The lowest BCUT2D eigenvalue weighted by atomic mass is 9.90. The fourth-order valence-corrected chi connectivity index (χ4v) is 3.87. The molecule has 1 aromatic heterocycles. The number of quaternary nitrogens is 1. The molecule has 2 fully saturated rings. The predicted octanol–water partition coefficient (Wildman–Crippen LogP) is -2.18. The molecule has 3 rings (SSSR count). The zero-order valence-electron chi connectivity index (χ0n) is 13.2. The van der Waals surface area contributed by atoms with Gasteiger partial charge in [-0.15, -0.1) is 0 Å². The largest absolute Gasteiger partial charge is 1.00 e. The number of aryl methyl sites for hydroxylation is 1. The Kier molecular flexibility index (Phi) is 5.85. The molecule has 6 heteroatoms. The molecule has 0 bridgehead atoms. The van der Waals surface area contributed by atoms with Crippen molar-refractivity contribution in [1.82, 2.24) is 9.55 Å². The van der Waals surface area contributed by atoms with E-state index in [1.807, 2.05) is 12.4 Å². The summed E-state index contributed by atoms with van der Waals surface area (Å²) in [5, 5.41) is 8.72. The van der Waals surface area contributed by atoms with E-state index in [-0.39, 0.29) is 18.0 Å². The van der Waals surface area contributed by atoms with E-state index in [0.29, 0.717) is 12.5 Å². The maximum Gasteiger partial charge on any atom is 0.164 e. The SMILES string of the molecule is Cn1ccnc1C[NH+]1CCC[C@]2(CC[C@H](CCC#N)O2)C1.[Cl-]. The molecule has 22 heavy (non-hydrogen) atoms. The van der Waals surface area contributed by atoms with Crippen molar-refractivity contribution in [3.63, 3.8) is 0 Å². The van der Waals surface area contributed by atoms with Crippen LogP contribution in [0.4, 0.5) is 0 Å². The number of nitrogens with one attached hydrogen (secondary N) is 1. The second-order valence-corrected chi connectivity index (χ2v) is 6.57. The summed E-state index contributed by atoms with van der Waals surface area (Å²) < 4.78 is 8.48. The van der Waals surface area contributed by atoms with Crippen molar-refractivity contribution < 1.29 is 22.0 Å². The third-order valence-corrected chi connectivity index (χ3v) is 4.98. The average molecular weight is 325 g/mol. The Bertz CT molecular complexity index is 526. The fraction of sp³-hybridized carbons (Fsp3) is 0.750. The highest BCUT2D eigenvalue weighted by atomic mass is 35.5. The minimum atomic E-state index is 0. The summed E-state index contributed by atoms with van der Waals surface area (Å²) in [6.07, 6.45) is 10.4. The Balaban J connectivity index is 0.00000176. The van der Waals surface area contributed by atoms with Gasteiger partial charge < -0.3 is 26.6 Å². The van der Waals surface area contributed by atoms with Crippen LogP contribution >= 0.6 is 0 Å². The number of hydrogen-bond donors (Lipinski definition) is 1. The standard InChI is InChI=1S/C16H24N4O.ClH/c1-19-11-9-18-15(19)12-20-10-3-6-16(13-20)7-5-14(21-16)4-2-8-17;/h9,11,14H,2-7,10,12-13H2,1H3;1H/t14-,16-;/m0./s1. The number of nitrogens with zero attached hydrogens (tertiary/aromatic N) is 3. The molecule has 2 saturated heterocycles. The third kappa shape index (κ3) is 3.81. The van der Waals surface area contributed by atoms with E-state index >= 15 is 0 Å². The number of halogens is 1. The van der Waals surface area contributed by atoms with Gasteiger partial charge in [0.05, 0.1) is 18.7 Å². The molecule has 1 N–H and O–H groups in total. The Labute approximate surface area is 138 Å². The van der Waals surface area contributed by atoms with E-state index in [1.54, 1.807) is 4.90 Å². The van der Waals surface area contributed by atoms with E-state index in [1.165, 1.54) is 19.4 Å². The molecule has 2 aliphatic rings. The second kappa shape index (κ2) is 7.45. The first-order chi connectivity index (χ1) is 10.2. The van der Waals surface area contributed by atoms with E-state index in [2.05, 4.69) is 22.7 Å². The molecule has 3 heterocycles. The van der Waals surface area contributed by atoms with Gasteiger partial charge in [0.1, 0.15) is 18.7 Å². The van der Waals surface area contributed by atoms with Gasteiger partial charge in [0, 0.05) is 25.9 Å². The van der Waals surface area contributed by atoms with Crippen LogP contribution in [-0.4, -0.2) is 34.3 Å². The summed E-state index contributed by atoms with van der Waals surface area (Å²) >= 11 is 0. The van der Waals surface area contributed by atoms with Crippen LogP contribution < -0.4 is 17.3 Å². The van der Waals surface area contributed by atoms with E-state index < -0.39 is 0 Å². The summed E-state index contributed by atoms with van der Waals surface area (Å²) in [6.45, 7) is 3.28. The first-order valence-electron chi connectivity index (χ1n) is 8.05. The molecule has 1 spiro atoms. The van der Waals surface area contributed by atoms with Gasteiger partial charge in [-0.25, -0.2) is 4.98 Å². The Morgan fingerprint density at radius 1 is 1.55 bits per heavy atom. The van der Waals surface area contributed by atoms with E-state index in [4.69, 9.17) is 10.00 Å². The number of likely N-dealkylation sites (tertiary alicyclic amines) is 1. The summed E-state index contributed by atoms with van der Waals surface area (Å²) in [4.78, 5) is 6.03. The van der Waals surface area contributed by atoms with Gasteiger partial charge in [-0.3, -0.25) is 0 Å². The van der Waals surface area contributed by atoms with Crippen molar-refractivity contribution >= 4 is 0 Å². The Morgan fingerprint density at radius 2 is 2.41 bits per heavy atom. The summed E-state index contributed by atoms with van der Waals surface area (Å²) in [5.74, 6) is 1.15. The minimum absolute atomic E-state index is 0. The number of rotatable bonds is 4. The maximum atomic E-state index is 8.72. The van der Waals surface area contributed by atoms with Crippen molar-refractivity contribution in [3.05, 3.63) is 18.2 Å². The number of nitriles is 1. The Hall–Kier alpha value is -1.09. The molecule has 0 amide bonds. The Morgan fingerprint density at radius 3 is 3.14 bits per heavy atom. The molecule has 122 valence electrons. The van der Waals surface area contributed by atoms with Crippen LogP contribution in [0.3, 0.4) is 0 Å². The van der Waals surface area contributed by atoms with Crippen LogP contribution in [0.15, 0.2) is 12.4 Å². The second-order valence-electron chi connectivity index (χ2n) is 6.57. The fourth-order valence-electron chi connectivity index (χ4n) is 3.87. The van der Waals surface area contributed by atoms with Crippen LogP contribution in [0.2, 0.25) is 0 Å². The first-order valence-corrected chi connectivity index (χ1v) is 8.05. The molecule has 1 aromatic rings. The zero-order chi connectivity index (χ0) is 14.7. The van der Waals surface area contributed by atoms with Crippen molar-refractivity contribution in [1.29, 1.82) is 5.26 Å². The lowest BCUT2D eigenvalue weighted by molar-refractivity contribution is -0.926. The van der Waals surface area contributed by atoms with Crippen molar-refractivity contribution in [2.75, 3.05) is 13.1 Å². The van der Waals surface area contributed by atoms with E-state index in [0.717, 1.165) is 38.2 Å². The number of piperidine rings is 1. The van der Waals surface area contributed by atoms with Gasteiger partial charge in [-0.2, -0.15) is 5.26 Å². The smallest absolute Gasteiger partial charge is 0.164 e. The maximum absolute atomic E-state index is 8.72. The molecular formula is C16H25ClN4O. The van der Waals surface area contributed by atoms with Crippen LogP contribution in [0.25, 0.3) is 0 Å². The number of ether oxygens (including phenoxy) is 1. The molecule has 1 unspecified atom stereocenters. The van der Waals surface area contributed by atoms with Crippen molar-refractivity contribution in [2.24, 2.45) is 7.05 Å². The minimum Gasteiger partial charge on any atom is -1.00 e. The summed E-state index contributed by atoms with van der Waals surface area (Å²) in [6, 6.07) is 2.23. The lowest BCUT2D eigenvalue weighted by Crippen LogP contribution is -3.14. The van der Waals surface area contributed by atoms with Crippen molar-refractivity contribution in [3.8, 4) is 6.07 Å². The van der Waals surface area contributed by atoms with E-state index in [9.17, 15) is 0 Å². The monoisotopic (exact) mass is 324 g/mol. The molecule has 0 aliphatic carbocycles. The average Bonchev–Trinajstić information content (AvgIpc) is 3.05. The van der Waals surface area contributed by atoms with Crippen molar-refractivity contribution in [2.45, 2.75) is 56.8 Å². The highest BCUT2D eigenvalue weighted by molar-refractivity contribution is 4.92. The topological polar surface area (TPSA) is 55.3 Å². The molecule has 0 radical (unpaired) electrons. The van der Waals surface area contributed by atoms with Gasteiger partial charge in [-0.1, -0.05) is 0 Å². The number of hydrogen-bond acceptors (Lipinski definition) is 3. The van der Waals surface area contributed by atoms with Gasteiger partial charge in [0.2, 0.25) is 0 Å². The van der Waals surface area contributed by atoms with Crippen LogP contribution in [0.1, 0.15) is 44.3 Å². The van der Waals surface area contributed by atoms with Gasteiger partial charge in [0.15, 0.2) is 5.82 Å². The number of imidazole rings is 1. The zero-order valence-corrected chi connectivity index (χ0v) is 14.0.